The molecule has 0 amide bonds. The molecule has 3 nitrogen and oxygen atoms in total. The first-order chi connectivity index (χ1) is 7.25. The molecule has 2 aromatic rings. The van der Waals surface area contributed by atoms with Gasteiger partial charge >= 0.3 is 0 Å². The predicted molar refractivity (Wildman–Crippen MR) is 63.1 cm³/mol. The van der Waals surface area contributed by atoms with Crippen molar-refractivity contribution in [3.63, 3.8) is 0 Å². The van der Waals surface area contributed by atoms with Gasteiger partial charge < -0.3 is 5.73 Å². The number of hydrogen-bond acceptors (Lipinski definition) is 4. The normalized spacial score (nSPS) is 12.5. The molecule has 15 heavy (non-hydrogen) atoms. The van der Waals surface area contributed by atoms with Gasteiger partial charge in [-0.15, -0.1) is 11.3 Å². The number of rotatable bonds is 3. The number of anilines is 1. The SMILES string of the molecule is Nc1ccc(S(=O)Cc2nccs2)cc1. The van der Waals surface area contributed by atoms with Crippen molar-refractivity contribution in [2.75, 3.05) is 5.73 Å². The van der Waals surface area contributed by atoms with Crippen molar-refractivity contribution in [1.82, 2.24) is 4.98 Å². The van der Waals surface area contributed by atoms with Crippen molar-refractivity contribution in [3.8, 4) is 0 Å². The zero-order valence-corrected chi connectivity index (χ0v) is 9.55. The van der Waals surface area contributed by atoms with Crippen LogP contribution >= 0.6 is 11.3 Å². The number of hydrogen-bond donors (Lipinski definition) is 1. The summed E-state index contributed by atoms with van der Waals surface area (Å²) in [7, 11) is -1.03. The van der Waals surface area contributed by atoms with Crippen LogP contribution in [0, 0.1) is 0 Å². The molecule has 2 N–H and O–H groups in total. The van der Waals surface area contributed by atoms with E-state index >= 15 is 0 Å². The lowest BCUT2D eigenvalue weighted by atomic mass is 10.3. The third-order valence-corrected chi connectivity index (χ3v) is 4.18. The Kier molecular flexibility index (Phi) is 3.13. The lowest BCUT2D eigenvalue weighted by Gasteiger charge is -2.00. The smallest absolute Gasteiger partial charge is 0.105 e. The predicted octanol–water partition coefficient (Wildman–Crippen LogP) is 2.03. The van der Waals surface area contributed by atoms with E-state index in [0.717, 1.165) is 9.90 Å². The third kappa shape index (κ3) is 2.64. The first-order valence-electron chi connectivity index (χ1n) is 4.38. The molecular formula is C10H10N2OS2. The molecule has 1 heterocycles. The molecule has 2 rings (SSSR count). The number of aromatic nitrogens is 1. The summed E-state index contributed by atoms with van der Waals surface area (Å²) in [4.78, 5) is 4.89. The van der Waals surface area contributed by atoms with E-state index in [4.69, 9.17) is 5.73 Å². The van der Waals surface area contributed by atoms with Crippen molar-refractivity contribution in [2.24, 2.45) is 0 Å². The molecular weight excluding hydrogens is 228 g/mol. The molecule has 1 unspecified atom stereocenters. The van der Waals surface area contributed by atoms with Crippen LogP contribution in [0.5, 0.6) is 0 Å². The Bertz CT molecular complexity index is 451. The van der Waals surface area contributed by atoms with Crippen LogP contribution in [0.1, 0.15) is 5.01 Å². The fourth-order valence-electron chi connectivity index (χ4n) is 1.14. The van der Waals surface area contributed by atoms with Gasteiger partial charge in [0.25, 0.3) is 0 Å². The Balaban J connectivity index is 2.11. The molecule has 1 atom stereocenters. The Hall–Kier alpha value is -1.20. The highest BCUT2D eigenvalue weighted by atomic mass is 32.2. The number of benzene rings is 1. The van der Waals surface area contributed by atoms with Gasteiger partial charge in [0.15, 0.2) is 0 Å². The maximum Gasteiger partial charge on any atom is 0.105 e. The topological polar surface area (TPSA) is 56.0 Å². The average molecular weight is 238 g/mol. The van der Waals surface area contributed by atoms with E-state index in [2.05, 4.69) is 4.98 Å². The second-order valence-electron chi connectivity index (χ2n) is 2.98. The van der Waals surface area contributed by atoms with Gasteiger partial charge in [0, 0.05) is 22.2 Å². The Morgan fingerprint density at radius 2 is 2.07 bits per heavy atom. The minimum absolute atomic E-state index is 0.474. The van der Waals surface area contributed by atoms with E-state index in [-0.39, 0.29) is 0 Å². The minimum atomic E-state index is -1.03. The van der Waals surface area contributed by atoms with Crippen LogP contribution in [0.25, 0.3) is 0 Å². The Morgan fingerprint density at radius 3 is 2.67 bits per heavy atom. The zero-order chi connectivity index (χ0) is 10.7. The number of thiazole rings is 1. The first kappa shape index (κ1) is 10.3. The summed E-state index contributed by atoms with van der Waals surface area (Å²) in [5.41, 5.74) is 6.24. The highest BCUT2D eigenvalue weighted by Crippen LogP contribution is 2.15. The monoisotopic (exact) mass is 238 g/mol. The van der Waals surface area contributed by atoms with E-state index in [0.29, 0.717) is 11.4 Å². The van der Waals surface area contributed by atoms with Crippen molar-refractivity contribution in [3.05, 3.63) is 40.8 Å². The van der Waals surface area contributed by atoms with E-state index in [9.17, 15) is 4.21 Å². The fourth-order valence-corrected chi connectivity index (χ4v) is 3.04. The van der Waals surface area contributed by atoms with Crippen LogP contribution in [0.2, 0.25) is 0 Å². The summed E-state index contributed by atoms with van der Waals surface area (Å²) in [5.74, 6) is 0.474. The number of nitrogens with two attached hydrogens (primary N) is 1. The number of nitrogen functional groups attached to an aromatic ring is 1. The Morgan fingerprint density at radius 1 is 1.33 bits per heavy atom. The summed E-state index contributed by atoms with van der Waals surface area (Å²) in [6.07, 6.45) is 1.72. The maximum absolute atomic E-state index is 11.9. The molecule has 1 aromatic heterocycles. The van der Waals surface area contributed by atoms with Crippen LogP contribution in [-0.4, -0.2) is 9.19 Å². The molecule has 78 valence electrons. The van der Waals surface area contributed by atoms with Crippen molar-refractivity contribution in [1.29, 1.82) is 0 Å². The van der Waals surface area contributed by atoms with E-state index in [1.165, 1.54) is 11.3 Å². The molecule has 0 fully saturated rings. The molecule has 0 radical (unpaired) electrons. The molecule has 1 aromatic carbocycles. The number of nitrogens with zero attached hydrogens (tertiary/aromatic N) is 1. The van der Waals surface area contributed by atoms with Gasteiger partial charge in [-0.1, -0.05) is 0 Å². The van der Waals surface area contributed by atoms with Crippen LogP contribution in [0.3, 0.4) is 0 Å². The van der Waals surface area contributed by atoms with Crippen molar-refractivity contribution < 1.29 is 4.21 Å². The highest BCUT2D eigenvalue weighted by molar-refractivity contribution is 7.84. The van der Waals surface area contributed by atoms with Crippen LogP contribution in [0.4, 0.5) is 5.69 Å². The van der Waals surface area contributed by atoms with E-state index in [1.807, 2.05) is 5.38 Å². The molecule has 0 aliphatic rings. The molecule has 0 saturated heterocycles. The quantitative estimate of drug-likeness (QED) is 0.832. The minimum Gasteiger partial charge on any atom is -0.399 e. The molecule has 0 aliphatic carbocycles. The summed E-state index contributed by atoms with van der Waals surface area (Å²) in [5, 5.41) is 2.78. The maximum atomic E-state index is 11.9. The average Bonchev–Trinajstić information content (AvgIpc) is 2.71. The van der Waals surface area contributed by atoms with Crippen LogP contribution in [-0.2, 0) is 16.6 Å². The van der Waals surface area contributed by atoms with Gasteiger partial charge in [-0.25, -0.2) is 4.98 Å². The third-order valence-electron chi connectivity index (χ3n) is 1.88. The van der Waals surface area contributed by atoms with Gasteiger partial charge in [0.2, 0.25) is 0 Å². The van der Waals surface area contributed by atoms with Crippen molar-refractivity contribution in [2.45, 2.75) is 10.6 Å². The zero-order valence-electron chi connectivity index (χ0n) is 7.92. The van der Waals surface area contributed by atoms with Crippen LogP contribution in [0.15, 0.2) is 40.7 Å². The fraction of sp³-hybridized carbons (Fsp3) is 0.100. The highest BCUT2D eigenvalue weighted by Gasteiger charge is 2.06. The molecule has 0 saturated carbocycles. The summed E-state index contributed by atoms with van der Waals surface area (Å²) < 4.78 is 11.9. The lowest BCUT2D eigenvalue weighted by molar-refractivity contribution is 0.682. The van der Waals surface area contributed by atoms with Gasteiger partial charge in [-0.2, -0.15) is 0 Å². The first-order valence-corrected chi connectivity index (χ1v) is 6.58. The summed E-state index contributed by atoms with van der Waals surface area (Å²) >= 11 is 1.52. The second kappa shape index (κ2) is 4.55. The standard InChI is InChI=1S/C10H10N2OS2/c11-8-1-3-9(4-2-8)15(13)7-10-12-5-6-14-10/h1-6H,7,11H2. The molecule has 0 bridgehead atoms. The van der Waals surface area contributed by atoms with Crippen molar-refractivity contribution >= 4 is 27.8 Å². The summed E-state index contributed by atoms with van der Waals surface area (Å²) in [6.45, 7) is 0. The molecule has 0 spiro atoms. The van der Waals surface area contributed by atoms with E-state index < -0.39 is 10.8 Å². The molecule has 0 aliphatic heterocycles. The van der Waals surface area contributed by atoms with Gasteiger partial charge in [0.1, 0.15) is 5.01 Å². The second-order valence-corrected chi connectivity index (χ2v) is 5.41. The van der Waals surface area contributed by atoms with Gasteiger partial charge in [-0.3, -0.25) is 4.21 Å². The molecule has 5 heteroatoms. The van der Waals surface area contributed by atoms with Crippen LogP contribution < -0.4 is 5.73 Å². The Labute approximate surface area is 94.4 Å². The largest absolute Gasteiger partial charge is 0.399 e. The summed E-state index contributed by atoms with van der Waals surface area (Å²) in [6, 6.07) is 7.10. The lowest BCUT2D eigenvalue weighted by Crippen LogP contribution is -1.96. The van der Waals surface area contributed by atoms with E-state index in [1.54, 1.807) is 30.5 Å². The van der Waals surface area contributed by atoms with Gasteiger partial charge in [-0.05, 0) is 24.3 Å². The van der Waals surface area contributed by atoms with Gasteiger partial charge in [0.05, 0.1) is 16.6 Å².